The zero-order valence-corrected chi connectivity index (χ0v) is 15.4. The molecule has 0 heterocycles. The second-order valence-electron chi connectivity index (χ2n) is 7.71. The van der Waals surface area contributed by atoms with Crippen LogP contribution in [-0.4, -0.2) is 24.3 Å². The molecule has 3 aliphatic rings. The molecule has 24 heavy (non-hydrogen) atoms. The quantitative estimate of drug-likeness (QED) is 0.314. The fourth-order valence-corrected chi connectivity index (χ4v) is 4.39. The SMILES string of the molecule is CCCCCCCCCCC(=O)OCC1C2C=CC(CC2)C1CO. The number of fused-ring (bicyclic) bond motifs is 2. The molecule has 0 aromatic rings. The fraction of sp³-hybridized carbons (Fsp3) is 0.857. The van der Waals surface area contributed by atoms with E-state index >= 15 is 0 Å². The zero-order valence-electron chi connectivity index (χ0n) is 15.4. The number of allylic oxidation sites excluding steroid dienone is 2. The van der Waals surface area contributed by atoms with Crippen LogP contribution in [0.5, 0.6) is 0 Å². The Labute approximate surface area is 147 Å². The standard InChI is InChI=1S/C21H36O3/c1-2-3-4-5-6-7-8-9-10-21(23)24-16-20-18-13-11-17(12-14-18)19(20)15-22/h11,13,17-20,22H,2-10,12,14-16H2,1H3. The molecule has 0 aromatic carbocycles. The predicted molar refractivity (Wildman–Crippen MR) is 97.6 cm³/mol. The normalized spacial score (nSPS) is 28.2. The summed E-state index contributed by atoms with van der Waals surface area (Å²) >= 11 is 0. The van der Waals surface area contributed by atoms with Crippen LogP contribution in [0.4, 0.5) is 0 Å². The van der Waals surface area contributed by atoms with Gasteiger partial charge in [-0.15, -0.1) is 0 Å². The molecule has 1 saturated carbocycles. The predicted octanol–water partition coefficient (Wildman–Crippen LogP) is 4.88. The van der Waals surface area contributed by atoms with Crippen LogP contribution in [0, 0.1) is 23.7 Å². The molecule has 0 spiro atoms. The molecule has 0 aromatic heterocycles. The van der Waals surface area contributed by atoms with Crippen molar-refractivity contribution in [1.29, 1.82) is 0 Å². The summed E-state index contributed by atoms with van der Waals surface area (Å²) in [4.78, 5) is 12.0. The Hall–Kier alpha value is -0.830. The van der Waals surface area contributed by atoms with Gasteiger partial charge in [0.2, 0.25) is 0 Å². The van der Waals surface area contributed by atoms with Crippen LogP contribution in [-0.2, 0) is 9.53 Å². The number of rotatable bonds is 12. The van der Waals surface area contributed by atoms with E-state index in [0.29, 0.717) is 30.8 Å². The number of aliphatic hydroxyl groups excluding tert-OH is 1. The molecule has 2 bridgehead atoms. The highest BCUT2D eigenvalue weighted by atomic mass is 16.5. The van der Waals surface area contributed by atoms with Crippen LogP contribution in [0.15, 0.2) is 12.2 Å². The van der Waals surface area contributed by atoms with E-state index in [9.17, 15) is 9.90 Å². The van der Waals surface area contributed by atoms with Crippen molar-refractivity contribution < 1.29 is 14.6 Å². The van der Waals surface area contributed by atoms with E-state index in [-0.39, 0.29) is 18.5 Å². The highest BCUT2D eigenvalue weighted by molar-refractivity contribution is 5.69. The summed E-state index contributed by atoms with van der Waals surface area (Å²) in [6, 6.07) is 0. The molecule has 0 aliphatic heterocycles. The van der Waals surface area contributed by atoms with Crippen LogP contribution < -0.4 is 0 Å². The van der Waals surface area contributed by atoms with Crippen LogP contribution >= 0.6 is 0 Å². The van der Waals surface area contributed by atoms with Crippen LogP contribution in [0.3, 0.4) is 0 Å². The van der Waals surface area contributed by atoms with Gasteiger partial charge in [0.1, 0.15) is 0 Å². The summed E-state index contributed by atoms with van der Waals surface area (Å²) < 4.78 is 5.54. The first-order valence-corrected chi connectivity index (χ1v) is 10.2. The molecule has 4 unspecified atom stereocenters. The van der Waals surface area contributed by atoms with E-state index in [1.54, 1.807) is 0 Å². The van der Waals surface area contributed by atoms with Crippen molar-refractivity contribution in [2.75, 3.05) is 13.2 Å². The summed E-state index contributed by atoms with van der Waals surface area (Å²) in [5, 5.41) is 9.65. The zero-order chi connectivity index (χ0) is 17.2. The molecule has 3 aliphatic carbocycles. The summed E-state index contributed by atoms with van der Waals surface area (Å²) in [7, 11) is 0. The number of esters is 1. The maximum Gasteiger partial charge on any atom is 0.305 e. The highest BCUT2D eigenvalue weighted by Gasteiger charge is 2.40. The number of hydrogen-bond donors (Lipinski definition) is 1. The first-order chi connectivity index (χ1) is 11.8. The highest BCUT2D eigenvalue weighted by Crippen LogP contribution is 2.44. The van der Waals surface area contributed by atoms with Gasteiger partial charge in [0, 0.05) is 18.9 Å². The van der Waals surface area contributed by atoms with E-state index in [2.05, 4.69) is 19.1 Å². The molecule has 3 heteroatoms. The molecular formula is C21H36O3. The Morgan fingerprint density at radius 2 is 1.54 bits per heavy atom. The fourth-order valence-electron chi connectivity index (χ4n) is 4.39. The number of hydrogen-bond acceptors (Lipinski definition) is 3. The number of carbonyl (C=O) groups is 1. The van der Waals surface area contributed by atoms with Gasteiger partial charge in [-0.1, -0.05) is 64.0 Å². The number of carbonyl (C=O) groups excluding carboxylic acids is 1. The molecule has 1 fully saturated rings. The second kappa shape index (κ2) is 10.9. The minimum absolute atomic E-state index is 0.0527. The topological polar surface area (TPSA) is 46.5 Å². The molecule has 4 atom stereocenters. The second-order valence-corrected chi connectivity index (χ2v) is 7.71. The Morgan fingerprint density at radius 3 is 2.12 bits per heavy atom. The summed E-state index contributed by atoms with van der Waals surface area (Å²) in [5.74, 6) is 1.52. The van der Waals surface area contributed by atoms with Gasteiger partial charge in [0.15, 0.2) is 0 Å². The van der Waals surface area contributed by atoms with Crippen LogP contribution in [0.1, 0.15) is 77.6 Å². The van der Waals surface area contributed by atoms with Gasteiger partial charge in [-0.2, -0.15) is 0 Å². The maximum atomic E-state index is 12.0. The molecule has 0 radical (unpaired) electrons. The van der Waals surface area contributed by atoms with Crippen molar-refractivity contribution in [1.82, 2.24) is 0 Å². The minimum Gasteiger partial charge on any atom is -0.465 e. The number of unbranched alkanes of at least 4 members (excludes halogenated alkanes) is 7. The van der Waals surface area contributed by atoms with Crippen molar-refractivity contribution in [3.63, 3.8) is 0 Å². The van der Waals surface area contributed by atoms with Crippen molar-refractivity contribution in [2.45, 2.75) is 77.6 Å². The summed E-state index contributed by atoms with van der Waals surface area (Å²) in [6.07, 6.45) is 17.4. The van der Waals surface area contributed by atoms with Gasteiger partial charge in [-0.25, -0.2) is 0 Å². The van der Waals surface area contributed by atoms with Crippen molar-refractivity contribution in [3.05, 3.63) is 12.2 Å². The molecule has 3 rings (SSSR count). The van der Waals surface area contributed by atoms with Crippen molar-refractivity contribution >= 4 is 5.97 Å². The van der Waals surface area contributed by atoms with Gasteiger partial charge >= 0.3 is 5.97 Å². The lowest BCUT2D eigenvalue weighted by atomic mass is 9.63. The first-order valence-electron chi connectivity index (χ1n) is 10.2. The third-order valence-corrected chi connectivity index (χ3v) is 5.97. The Morgan fingerprint density at radius 1 is 0.958 bits per heavy atom. The Kier molecular flexibility index (Phi) is 8.87. The largest absolute Gasteiger partial charge is 0.465 e. The van der Waals surface area contributed by atoms with Gasteiger partial charge in [0.05, 0.1) is 6.61 Å². The van der Waals surface area contributed by atoms with E-state index in [1.807, 2.05) is 0 Å². The van der Waals surface area contributed by atoms with E-state index in [0.717, 1.165) is 12.8 Å². The van der Waals surface area contributed by atoms with E-state index < -0.39 is 0 Å². The average Bonchev–Trinajstić information content (AvgIpc) is 2.62. The molecular weight excluding hydrogens is 300 g/mol. The van der Waals surface area contributed by atoms with Crippen LogP contribution in [0.25, 0.3) is 0 Å². The minimum atomic E-state index is -0.0527. The smallest absolute Gasteiger partial charge is 0.305 e. The summed E-state index contributed by atoms with van der Waals surface area (Å²) in [5.41, 5.74) is 0. The molecule has 138 valence electrons. The molecule has 3 nitrogen and oxygen atoms in total. The van der Waals surface area contributed by atoms with Gasteiger partial charge in [-0.05, 0) is 37.0 Å². The van der Waals surface area contributed by atoms with Gasteiger partial charge in [-0.3, -0.25) is 4.79 Å². The van der Waals surface area contributed by atoms with E-state index in [4.69, 9.17) is 4.74 Å². The monoisotopic (exact) mass is 336 g/mol. The Bertz CT molecular complexity index is 391. The molecule has 0 amide bonds. The first kappa shape index (κ1) is 19.5. The number of ether oxygens (including phenoxy) is 1. The number of aliphatic hydroxyl groups is 1. The van der Waals surface area contributed by atoms with E-state index in [1.165, 1.54) is 51.4 Å². The third-order valence-electron chi connectivity index (χ3n) is 5.97. The van der Waals surface area contributed by atoms with Crippen molar-refractivity contribution in [3.8, 4) is 0 Å². The Balaban J connectivity index is 1.54. The lowest BCUT2D eigenvalue weighted by Gasteiger charge is -2.44. The average molecular weight is 337 g/mol. The molecule has 1 N–H and O–H groups in total. The van der Waals surface area contributed by atoms with Gasteiger partial charge < -0.3 is 9.84 Å². The lowest BCUT2D eigenvalue weighted by molar-refractivity contribution is -0.147. The lowest BCUT2D eigenvalue weighted by Crippen LogP contribution is -2.41. The van der Waals surface area contributed by atoms with Crippen LogP contribution in [0.2, 0.25) is 0 Å². The molecule has 0 saturated heterocycles. The van der Waals surface area contributed by atoms with Gasteiger partial charge in [0.25, 0.3) is 0 Å². The maximum absolute atomic E-state index is 12.0. The van der Waals surface area contributed by atoms with Crippen molar-refractivity contribution in [2.24, 2.45) is 23.7 Å². The third kappa shape index (κ3) is 5.91. The summed E-state index contributed by atoms with van der Waals surface area (Å²) in [6.45, 7) is 2.95.